The van der Waals surface area contributed by atoms with Gasteiger partial charge in [0.2, 0.25) is 6.79 Å². The first-order valence-electron chi connectivity index (χ1n) is 11.9. The number of fused-ring (bicyclic) bond motifs is 2. The van der Waals surface area contributed by atoms with Crippen molar-refractivity contribution in [3.05, 3.63) is 68.5 Å². The van der Waals surface area contributed by atoms with Crippen LogP contribution >= 0.6 is 24.0 Å². The smallest absolute Gasteiger partial charge is 0.267 e. The molecule has 1 fully saturated rings. The molecule has 4 heterocycles. The lowest BCUT2D eigenvalue weighted by molar-refractivity contribution is -0.122. The van der Waals surface area contributed by atoms with Gasteiger partial charge in [0, 0.05) is 12.7 Å². The molecular weight excluding hydrogens is 496 g/mol. The van der Waals surface area contributed by atoms with Crippen LogP contribution in [0.2, 0.25) is 0 Å². The van der Waals surface area contributed by atoms with Gasteiger partial charge in [-0.2, -0.15) is 0 Å². The fraction of sp³-hybridized carbons (Fsp3) is 0.308. The van der Waals surface area contributed by atoms with E-state index in [1.807, 2.05) is 37.3 Å². The Balaban J connectivity index is 1.47. The summed E-state index contributed by atoms with van der Waals surface area (Å²) in [5.41, 5.74) is 2.48. The molecule has 1 saturated heterocycles. The molecule has 0 spiro atoms. The van der Waals surface area contributed by atoms with Gasteiger partial charge in [-0.1, -0.05) is 55.9 Å². The predicted octanol–water partition coefficient (Wildman–Crippen LogP) is 4.74. The van der Waals surface area contributed by atoms with Crippen molar-refractivity contribution in [3.63, 3.8) is 0 Å². The largest absolute Gasteiger partial charge is 0.454 e. The molecule has 2 aliphatic rings. The van der Waals surface area contributed by atoms with Crippen molar-refractivity contribution in [2.24, 2.45) is 0 Å². The van der Waals surface area contributed by atoms with E-state index in [1.54, 1.807) is 12.3 Å². The van der Waals surface area contributed by atoms with Gasteiger partial charge >= 0.3 is 0 Å². The highest BCUT2D eigenvalue weighted by Crippen LogP contribution is 2.36. The molecule has 186 valence electrons. The van der Waals surface area contributed by atoms with Crippen LogP contribution in [0.1, 0.15) is 42.9 Å². The number of hydrogen-bond donors (Lipinski definition) is 1. The zero-order chi connectivity index (χ0) is 25.2. The minimum atomic E-state index is -0.242. The van der Waals surface area contributed by atoms with Crippen molar-refractivity contribution in [1.29, 1.82) is 0 Å². The van der Waals surface area contributed by atoms with Gasteiger partial charge < -0.3 is 14.8 Å². The van der Waals surface area contributed by atoms with E-state index in [0.29, 0.717) is 50.8 Å². The molecular formula is C26H26N4O4S2. The zero-order valence-corrected chi connectivity index (χ0v) is 21.7. The molecule has 1 aromatic carbocycles. The lowest BCUT2D eigenvalue weighted by Crippen LogP contribution is -2.27. The van der Waals surface area contributed by atoms with E-state index in [0.717, 1.165) is 30.4 Å². The van der Waals surface area contributed by atoms with Crippen LogP contribution in [-0.2, 0) is 11.3 Å². The number of amides is 1. The maximum absolute atomic E-state index is 13.5. The number of benzene rings is 1. The van der Waals surface area contributed by atoms with Crippen molar-refractivity contribution in [2.75, 3.05) is 18.7 Å². The number of nitrogens with one attached hydrogen (secondary N) is 1. The van der Waals surface area contributed by atoms with Crippen LogP contribution in [0.3, 0.4) is 0 Å². The number of carbonyl (C=O) groups is 1. The summed E-state index contributed by atoms with van der Waals surface area (Å²) in [7, 11) is 0. The summed E-state index contributed by atoms with van der Waals surface area (Å²) in [6.45, 7) is 5.24. The molecule has 0 saturated carbocycles. The van der Waals surface area contributed by atoms with Crippen molar-refractivity contribution in [1.82, 2.24) is 14.3 Å². The van der Waals surface area contributed by atoms with Crippen LogP contribution in [0.5, 0.6) is 11.5 Å². The van der Waals surface area contributed by atoms with E-state index >= 15 is 0 Å². The number of thioether (sulfide) groups is 1. The first-order chi connectivity index (χ1) is 17.4. The molecule has 5 rings (SSSR count). The zero-order valence-electron chi connectivity index (χ0n) is 20.1. The summed E-state index contributed by atoms with van der Waals surface area (Å²) in [6.07, 6.45) is 6.50. The van der Waals surface area contributed by atoms with Gasteiger partial charge in [-0.25, -0.2) is 4.98 Å². The predicted molar refractivity (Wildman–Crippen MR) is 145 cm³/mol. The van der Waals surface area contributed by atoms with Crippen molar-refractivity contribution in [2.45, 2.75) is 39.7 Å². The summed E-state index contributed by atoms with van der Waals surface area (Å²) >= 11 is 6.71. The molecule has 0 bridgehead atoms. The number of unbranched alkanes of at least 4 members (excludes halogenated alkanes) is 2. The summed E-state index contributed by atoms with van der Waals surface area (Å²) in [4.78, 5) is 33.5. The Morgan fingerprint density at radius 3 is 2.83 bits per heavy atom. The van der Waals surface area contributed by atoms with Gasteiger partial charge in [-0.3, -0.25) is 18.9 Å². The Hall–Kier alpha value is -3.37. The van der Waals surface area contributed by atoms with E-state index in [9.17, 15) is 9.59 Å². The minimum absolute atomic E-state index is 0.187. The van der Waals surface area contributed by atoms with Crippen LogP contribution in [0, 0.1) is 6.92 Å². The molecule has 0 unspecified atom stereocenters. The van der Waals surface area contributed by atoms with E-state index in [-0.39, 0.29) is 18.3 Å². The molecule has 2 aliphatic heterocycles. The Bertz CT molecular complexity index is 1450. The van der Waals surface area contributed by atoms with Crippen molar-refractivity contribution < 1.29 is 14.3 Å². The molecule has 10 heteroatoms. The molecule has 1 N–H and O–H groups in total. The van der Waals surface area contributed by atoms with Gasteiger partial charge in [0.1, 0.15) is 15.8 Å². The maximum atomic E-state index is 13.5. The van der Waals surface area contributed by atoms with Crippen molar-refractivity contribution >= 4 is 51.7 Å². The number of aryl methyl sites for hydroxylation is 1. The summed E-state index contributed by atoms with van der Waals surface area (Å²) in [5, 5.41) is 3.31. The number of thiocarbonyl (C=S) groups is 1. The third kappa shape index (κ3) is 4.83. The molecule has 36 heavy (non-hydrogen) atoms. The molecule has 2 aromatic heterocycles. The third-order valence-electron chi connectivity index (χ3n) is 6.00. The summed E-state index contributed by atoms with van der Waals surface area (Å²) in [5.74, 6) is 1.56. The van der Waals surface area contributed by atoms with E-state index in [4.69, 9.17) is 26.7 Å². The SMILES string of the molecule is CCCCCNc1nc2ccc(C)cn2c(=O)c1/C=C1/SC(=S)N(Cc2ccc3c(c2)OCO3)C1=O. The van der Waals surface area contributed by atoms with Gasteiger partial charge in [-0.05, 0) is 48.7 Å². The second-order valence-corrected chi connectivity index (χ2v) is 10.4. The fourth-order valence-corrected chi connectivity index (χ4v) is 5.33. The second kappa shape index (κ2) is 10.3. The average Bonchev–Trinajstić information content (AvgIpc) is 3.44. The third-order valence-corrected chi connectivity index (χ3v) is 7.38. The topological polar surface area (TPSA) is 85.2 Å². The quantitative estimate of drug-likeness (QED) is 0.258. The number of nitrogens with zero attached hydrogens (tertiary/aromatic N) is 3. The first-order valence-corrected chi connectivity index (χ1v) is 13.1. The maximum Gasteiger partial charge on any atom is 0.267 e. The normalized spacial score (nSPS) is 15.9. The van der Waals surface area contributed by atoms with Gasteiger partial charge in [-0.15, -0.1) is 0 Å². The van der Waals surface area contributed by atoms with Crippen LogP contribution in [0.4, 0.5) is 5.82 Å². The number of hydrogen-bond acceptors (Lipinski definition) is 8. The Labute approximate surface area is 218 Å². The number of aromatic nitrogens is 2. The standard InChI is InChI=1S/C26H26N4O4S2/c1-3-4-5-10-27-23-18(24(31)29-13-16(2)6-9-22(29)28-23)12-21-25(32)30(26(35)36-21)14-17-7-8-19-20(11-17)34-15-33-19/h6-9,11-13,27H,3-5,10,14-15H2,1-2H3/b21-12+. The lowest BCUT2D eigenvalue weighted by Gasteiger charge is -2.15. The molecule has 8 nitrogen and oxygen atoms in total. The number of rotatable bonds is 8. The average molecular weight is 523 g/mol. The molecule has 1 amide bonds. The highest BCUT2D eigenvalue weighted by molar-refractivity contribution is 8.26. The van der Waals surface area contributed by atoms with E-state index < -0.39 is 0 Å². The fourth-order valence-electron chi connectivity index (χ4n) is 4.09. The lowest BCUT2D eigenvalue weighted by atomic mass is 10.2. The van der Waals surface area contributed by atoms with Crippen LogP contribution in [0.15, 0.2) is 46.2 Å². The number of pyridine rings is 1. The van der Waals surface area contributed by atoms with Gasteiger partial charge in [0.05, 0.1) is 17.0 Å². The summed E-state index contributed by atoms with van der Waals surface area (Å²) < 4.78 is 12.8. The van der Waals surface area contributed by atoms with E-state index in [2.05, 4.69) is 12.2 Å². The Kier molecular flexibility index (Phi) is 6.97. The summed E-state index contributed by atoms with van der Waals surface area (Å²) in [6, 6.07) is 9.30. The molecule has 0 atom stereocenters. The Morgan fingerprint density at radius 1 is 1.17 bits per heavy atom. The van der Waals surface area contributed by atoms with Crippen LogP contribution in [-0.4, -0.2) is 37.8 Å². The highest BCUT2D eigenvalue weighted by Gasteiger charge is 2.33. The van der Waals surface area contributed by atoms with Crippen LogP contribution < -0.4 is 20.3 Å². The molecule has 0 radical (unpaired) electrons. The second-order valence-electron chi connectivity index (χ2n) is 8.70. The molecule has 3 aromatic rings. The van der Waals surface area contributed by atoms with Gasteiger partial charge in [0.25, 0.3) is 11.5 Å². The number of carbonyl (C=O) groups excluding carboxylic acids is 1. The molecule has 0 aliphatic carbocycles. The monoisotopic (exact) mass is 522 g/mol. The number of ether oxygens (including phenoxy) is 2. The van der Waals surface area contributed by atoms with Gasteiger partial charge in [0.15, 0.2) is 11.5 Å². The number of anilines is 1. The van der Waals surface area contributed by atoms with Crippen molar-refractivity contribution in [3.8, 4) is 11.5 Å². The Morgan fingerprint density at radius 2 is 2.00 bits per heavy atom. The first kappa shape index (κ1) is 24.3. The highest BCUT2D eigenvalue weighted by atomic mass is 32.2. The van der Waals surface area contributed by atoms with E-state index in [1.165, 1.54) is 21.1 Å². The van der Waals surface area contributed by atoms with Crippen LogP contribution in [0.25, 0.3) is 11.7 Å². The minimum Gasteiger partial charge on any atom is -0.454 e.